The van der Waals surface area contributed by atoms with Crippen LogP contribution in [0.25, 0.3) is 11.6 Å². The van der Waals surface area contributed by atoms with Gasteiger partial charge in [0.15, 0.2) is 0 Å². The molecule has 26 heavy (non-hydrogen) atoms. The zero-order chi connectivity index (χ0) is 18.1. The van der Waals surface area contributed by atoms with Crippen molar-refractivity contribution in [1.82, 2.24) is 9.80 Å². The standard InChI is InChI=1S/C22H24N2O2/c1-23-11-13-24(14-12-23)21-17-8-4-3-7-16(17)15-20(22(25)26-2)18-9-5-6-10-19(18)21/h3-10,15,21H,11-14H2,1-2H3. The lowest BCUT2D eigenvalue weighted by Gasteiger charge is -2.39. The Morgan fingerprint density at radius 3 is 2.35 bits per heavy atom. The van der Waals surface area contributed by atoms with Gasteiger partial charge < -0.3 is 9.64 Å². The largest absolute Gasteiger partial charge is 0.465 e. The molecule has 1 unspecified atom stereocenters. The number of hydrogen-bond donors (Lipinski definition) is 0. The molecule has 4 rings (SSSR count). The summed E-state index contributed by atoms with van der Waals surface area (Å²) in [5.74, 6) is -0.286. The van der Waals surface area contributed by atoms with Crippen molar-refractivity contribution in [2.75, 3.05) is 40.3 Å². The van der Waals surface area contributed by atoms with E-state index in [9.17, 15) is 4.79 Å². The fraction of sp³-hybridized carbons (Fsp3) is 0.318. The van der Waals surface area contributed by atoms with Crippen LogP contribution in [0.15, 0.2) is 48.5 Å². The maximum atomic E-state index is 12.5. The van der Waals surface area contributed by atoms with E-state index in [1.807, 2.05) is 24.3 Å². The zero-order valence-corrected chi connectivity index (χ0v) is 15.3. The Morgan fingerprint density at radius 1 is 0.962 bits per heavy atom. The first-order valence-electron chi connectivity index (χ1n) is 9.10. The van der Waals surface area contributed by atoms with Gasteiger partial charge in [-0.2, -0.15) is 0 Å². The van der Waals surface area contributed by atoms with Crippen LogP contribution in [0.2, 0.25) is 0 Å². The maximum absolute atomic E-state index is 12.5. The second-order valence-corrected chi connectivity index (χ2v) is 7.01. The average molecular weight is 348 g/mol. The molecule has 1 aliphatic carbocycles. The van der Waals surface area contributed by atoms with E-state index >= 15 is 0 Å². The van der Waals surface area contributed by atoms with Gasteiger partial charge in [-0.25, -0.2) is 4.79 Å². The highest BCUT2D eigenvalue weighted by molar-refractivity contribution is 6.22. The normalized spacial score (nSPS) is 20.5. The second-order valence-electron chi connectivity index (χ2n) is 7.01. The van der Waals surface area contributed by atoms with Gasteiger partial charge in [-0.15, -0.1) is 0 Å². The predicted octanol–water partition coefficient (Wildman–Crippen LogP) is 3.05. The van der Waals surface area contributed by atoms with Crippen LogP contribution in [0.4, 0.5) is 0 Å². The third-order valence-corrected chi connectivity index (χ3v) is 5.44. The molecule has 1 atom stereocenters. The molecule has 0 aromatic heterocycles. The molecule has 0 saturated carbocycles. The summed E-state index contributed by atoms with van der Waals surface area (Å²) in [4.78, 5) is 17.4. The number of carbonyl (C=O) groups excluding carboxylic acids is 1. The second kappa shape index (κ2) is 7.06. The highest BCUT2D eigenvalue weighted by atomic mass is 16.5. The molecular weight excluding hydrogens is 324 g/mol. The number of esters is 1. The molecule has 0 amide bonds. The molecule has 1 aliphatic heterocycles. The number of carbonyl (C=O) groups is 1. The molecule has 0 radical (unpaired) electrons. The Labute approximate surface area is 154 Å². The number of rotatable bonds is 2. The summed E-state index contributed by atoms with van der Waals surface area (Å²) in [5, 5.41) is 0. The SMILES string of the molecule is COC(=O)C1=Cc2ccccc2C(N2CCN(C)CC2)c2ccccc21. The van der Waals surface area contributed by atoms with Crippen molar-refractivity contribution < 1.29 is 9.53 Å². The van der Waals surface area contributed by atoms with E-state index in [1.54, 1.807) is 0 Å². The van der Waals surface area contributed by atoms with Crippen molar-refractivity contribution >= 4 is 17.6 Å². The highest BCUT2D eigenvalue weighted by Gasteiger charge is 2.32. The molecule has 1 saturated heterocycles. The van der Waals surface area contributed by atoms with Crippen LogP contribution in [-0.2, 0) is 9.53 Å². The fourth-order valence-electron chi connectivity index (χ4n) is 4.03. The Hall–Kier alpha value is -2.43. The van der Waals surface area contributed by atoms with Crippen LogP contribution in [-0.4, -0.2) is 56.1 Å². The molecular formula is C22H24N2O2. The van der Waals surface area contributed by atoms with Crippen molar-refractivity contribution in [1.29, 1.82) is 0 Å². The highest BCUT2D eigenvalue weighted by Crippen LogP contribution is 2.40. The fourth-order valence-corrected chi connectivity index (χ4v) is 4.03. The van der Waals surface area contributed by atoms with Crippen LogP contribution >= 0.6 is 0 Å². The summed E-state index contributed by atoms with van der Waals surface area (Å²) in [6, 6.07) is 16.8. The lowest BCUT2D eigenvalue weighted by Crippen LogP contribution is -2.46. The lowest BCUT2D eigenvalue weighted by atomic mass is 9.91. The van der Waals surface area contributed by atoms with Gasteiger partial charge in [0.05, 0.1) is 18.7 Å². The predicted molar refractivity (Wildman–Crippen MR) is 104 cm³/mol. The minimum absolute atomic E-state index is 0.148. The smallest absolute Gasteiger partial charge is 0.338 e. The first-order valence-corrected chi connectivity index (χ1v) is 9.10. The van der Waals surface area contributed by atoms with E-state index in [0.29, 0.717) is 5.57 Å². The maximum Gasteiger partial charge on any atom is 0.338 e. The van der Waals surface area contributed by atoms with Gasteiger partial charge in [0.25, 0.3) is 0 Å². The lowest BCUT2D eigenvalue weighted by molar-refractivity contribution is -0.133. The third-order valence-electron chi connectivity index (χ3n) is 5.44. The van der Waals surface area contributed by atoms with E-state index in [1.165, 1.54) is 18.2 Å². The number of methoxy groups -OCH3 is 1. The molecule has 2 aromatic rings. The van der Waals surface area contributed by atoms with E-state index < -0.39 is 0 Å². The zero-order valence-electron chi connectivity index (χ0n) is 15.3. The summed E-state index contributed by atoms with van der Waals surface area (Å²) in [5.41, 5.74) is 5.13. The number of benzene rings is 2. The van der Waals surface area contributed by atoms with Crippen molar-refractivity contribution in [3.63, 3.8) is 0 Å². The molecule has 4 nitrogen and oxygen atoms in total. The van der Waals surface area contributed by atoms with Gasteiger partial charge in [0.2, 0.25) is 0 Å². The first-order chi connectivity index (χ1) is 12.7. The van der Waals surface area contributed by atoms with Gasteiger partial charge in [-0.05, 0) is 35.4 Å². The van der Waals surface area contributed by atoms with Crippen LogP contribution in [0.1, 0.15) is 28.3 Å². The van der Waals surface area contributed by atoms with E-state index in [2.05, 4.69) is 47.2 Å². The van der Waals surface area contributed by atoms with Gasteiger partial charge in [0.1, 0.15) is 0 Å². The molecule has 2 aliphatic rings. The van der Waals surface area contributed by atoms with Crippen molar-refractivity contribution in [2.24, 2.45) is 0 Å². The Morgan fingerprint density at radius 2 is 1.62 bits per heavy atom. The molecule has 1 heterocycles. The van der Waals surface area contributed by atoms with E-state index in [-0.39, 0.29) is 12.0 Å². The van der Waals surface area contributed by atoms with E-state index in [0.717, 1.165) is 37.3 Å². The Balaban J connectivity index is 1.90. The number of hydrogen-bond acceptors (Lipinski definition) is 4. The monoisotopic (exact) mass is 348 g/mol. The minimum Gasteiger partial charge on any atom is -0.465 e. The minimum atomic E-state index is -0.286. The quantitative estimate of drug-likeness (QED) is 0.781. The number of piperazine rings is 1. The molecule has 4 heteroatoms. The Bertz CT molecular complexity index is 851. The van der Waals surface area contributed by atoms with Crippen molar-refractivity contribution in [3.8, 4) is 0 Å². The summed E-state index contributed by atoms with van der Waals surface area (Å²) in [6.45, 7) is 4.13. The van der Waals surface area contributed by atoms with Gasteiger partial charge in [-0.3, -0.25) is 4.90 Å². The number of likely N-dealkylation sites (N-methyl/N-ethyl adjacent to an activating group) is 1. The van der Waals surface area contributed by atoms with Gasteiger partial charge >= 0.3 is 5.97 Å². The average Bonchev–Trinajstić information content (AvgIpc) is 2.83. The topological polar surface area (TPSA) is 32.8 Å². The third kappa shape index (κ3) is 2.96. The van der Waals surface area contributed by atoms with Crippen molar-refractivity contribution in [3.05, 3.63) is 70.8 Å². The number of nitrogens with zero attached hydrogens (tertiary/aromatic N) is 2. The van der Waals surface area contributed by atoms with Gasteiger partial charge in [-0.1, -0.05) is 48.5 Å². The van der Waals surface area contributed by atoms with Gasteiger partial charge in [0, 0.05) is 26.2 Å². The summed E-state index contributed by atoms with van der Waals surface area (Å²) < 4.78 is 5.08. The molecule has 0 bridgehead atoms. The molecule has 0 spiro atoms. The van der Waals surface area contributed by atoms with Crippen molar-refractivity contribution in [2.45, 2.75) is 6.04 Å². The first kappa shape index (κ1) is 17.0. The molecule has 2 aromatic carbocycles. The molecule has 134 valence electrons. The van der Waals surface area contributed by atoms with Crippen LogP contribution in [0.3, 0.4) is 0 Å². The molecule has 0 N–H and O–H groups in total. The Kier molecular flexibility index (Phi) is 4.62. The summed E-state index contributed by atoms with van der Waals surface area (Å²) in [6.07, 6.45) is 1.98. The van der Waals surface area contributed by atoms with Crippen LogP contribution in [0.5, 0.6) is 0 Å². The van der Waals surface area contributed by atoms with E-state index in [4.69, 9.17) is 4.74 Å². The van der Waals surface area contributed by atoms with Crippen LogP contribution in [0, 0.1) is 0 Å². The summed E-state index contributed by atoms with van der Waals surface area (Å²) >= 11 is 0. The number of ether oxygens (including phenoxy) is 1. The van der Waals surface area contributed by atoms with Crippen LogP contribution < -0.4 is 0 Å². The summed E-state index contributed by atoms with van der Waals surface area (Å²) in [7, 11) is 3.61. The molecule has 1 fully saturated rings. The number of fused-ring (bicyclic) bond motifs is 2.